The molecule has 1 aromatic carbocycles. The van der Waals surface area contributed by atoms with Gasteiger partial charge in [-0.25, -0.2) is 4.39 Å². The van der Waals surface area contributed by atoms with Gasteiger partial charge in [0.1, 0.15) is 5.82 Å². The minimum Gasteiger partial charge on any atom is -0.390 e. The highest BCUT2D eigenvalue weighted by Gasteiger charge is 2.18. The number of halogens is 1. The predicted octanol–water partition coefficient (Wildman–Crippen LogP) is 2.81. The summed E-state index contributed by atoms with van der Waals surface area (Å²) in [4.78, 5) is 4.04. The van der Waals surface area contributed by atoms with Crippen molar-refractivity contribution in [1.82, 2.24) is 9.55 Å². The highest BCUT2D eigenvalue weighted by Crippen LogP contribution is 2.36. The van der Waals surface area contributed by atoms with Gasteiger partial charge in [0.25, 0.3) is 0 Å². The third-order valence-corrected chi connectivity index (χ3v) is 3.83. The lowest BCUT2D eigenvalue weighted by Gasteiger charge is -2.09. The smallest absolute Gasteiger partial charge is 0.123 e. The van der Waals surface area contributed by atoms with Crippen LogP contribution in [0, 0.1) is 5.82 Å². The number of nitrogens with zero attached hydrogens (tertiary/aromatic N) is 2. The van der Waals surface area contributed by atoms with Crippen LogP contribution >= 0.6 is 0 Å². The van der Waals surface area contributed by atoms with E-state index >= 15 is 0 Å². The van der Waals surface area contributed by atoms with Gasteiger partial charge in [0.15, 0.2) is 0 Å². The van der Waals surface area contributed by atoms with Gasteiger partial charge in [-0.15, -0.1) is 0 Å². The van der Waals surface area contributed by atoms with E-state index in [1.165, 1.54) is 12.1 Å². The number of aliphatic hydroxyl groups is 1. The number of nitrogens with two attached hydrogens (primary N) is 1. The minimum atomic E-state index is -0.286. The van der Waals surface area contributed by atoms with Crippen molar-refractivity contribution in [3.63, 3.8) is 0 Å². The Morgan fingerprint density at radius 3 is 2.35 bits per heavy atom. The summed E-state index contributed by atoms with van der Waals surface area (Å²) in [5, 5.41) is 9.85. The summed E-state index contributed by atoms with van der Waals surface area (Å²) in [7, 11) is 0. The molecule has 0 unspecified atom stereocenters. The molecule has 0 bridgehead atoms. The number of rotatable bonds is 5. The molecule has 2 aromatic heterocycles. The molecule has 0 saturated heterocycles. The monoisotopic (exact) mass is 311 g/mol. The van der Waals surface area contributed by atoms with Gasteiger partial charge in [-0.2, -0.15) is 0 Å². The van der Waals surface area contributed by atoms with Crippen LogP contribution in [0.4, 0.5) is 4.39 Å². The number of hydrogen-bond donors (Lipinski definition) is 2. The predicted molar refractivity (Wildman–Crippen MR) is 88.0 cm³/mol. The fraction of sp³-hybridized carbons (Fsp3) is 0.167. The Balaban J connectivity index is 2.23. The van der Waals surface area contributed by atoms with Crippen molar-refractivity contribution in [2.75, 3.05) is 6.54 Å². The second kappa shape index (κ2) is 6.73. The summed E-state index contributed by atoms with van der Waals surface area (Å²) < 4.78 is 15.2. The van der Waals surface area contributed by atoms with E-state index in [1.54, 1.807) is 24.5 Å². The molecule has 0 aliphatic rings. The molecule has 0 radical (unpaired) electrons. The molecule has 0 saturated carbocycles. The molecule has 5 heteroatoms. The highest BCUT2D eigenvalue weighted by atomic mass is 19.1. The molecule has 3 N–H and O–H groups in total. The van der Waals surface area contributed by atoms with Crippen molar-refractivity contribution in [1.29, 1.82) is 0 Å². The summed E-state index contributed by atoms with van der Waals surface area (Å²) in [5.74, 6) is -0.286. The van der Waals surface area contributed by atoms with E-state index in [-0.39, 0.29) is 12.4 Å². The van der Waals surface area contributed by atoms with E-state index in [1.807, 2.05) is 22.9 Å². The number of aliphatic hydroxyl groups excluding tert-OH is 1. The first-order valence-electron chi connectivity index (χ1n) is 7.44. The molecule has 0 aliphatic heterocycles. The third-order valence-electron chi connectivity index (χ3n) is 3.83. The zero-order chi connectivity index (χ0) is 16.2. The highest BCUT2D eigenvalue weighted by molar-refractivity contribution is 5.85. The molecule has 3 aromatic rings. The topological polar surface area (TPSA) is 64.1 Å². The fourth-order valence-electron chi connectivity index (χ4n) is 2.79. The molecule has 0 fully saturated rings. The number of aromatic nitrogens is 2. The van der Waals surface area contributed by atoms with E-state index in [4.69, 9.17) is 5.73 Å². The van der Waals surface area contributed by atoms with E-state index < -0.39 is 0 Å². The normalized spacial score (nSPS) is 10.9. The van der Waals surface area contributed by atoms with Crippen LogP contribution in [-0.4, -0.2) is 21.2 Å². The average Bonchev–Trinajstić information content (AvgIpc) is 2.95. The van der Waals surface area contributed by atoms with Gasteiger partial charge in [0.2, 0.25) is 0 Å². The fourth-order valence-corrected chi connectivity index (χ4v) is 2.79. The zero-order valence-electron chi connectivity index (χ0n) is 12.6. The summed E-state index contributed by atoms with van der Waals surface area (Å²) in [5.41, 5.74) is 10.2. The Morgan fingerprint density at radius 2 is 1.74 bits per heavy atom. The van der Waals surface area contributed by atoms with Crippen molar-refractivity contribution < 1.29 is 9.50 Å². The van der Waals surface area contributed by atoms with Crippen LogP contribution in [0.3, 0.4) is 0 Å². The largest absolute Gasteiger partial charge is 0.390 e. The lowest BCUT2D eigenvalue weighted by Crippen LogP contribution is -2.11. The third kappa shape index (κ3) is 3.02. The average molecular weight is 311 g/mol. The van der Waals surface area contributed by atoms with Crippen LogP contribution in [0.25, 0.3) is 22.3 Å². The van der Waals surface area contributed by atoms with Crippen molar-refractivity contribution >= 4 is 0 Å². The van der Waals surface area contributed by atoms with Crippen LogP contribution in [0.2, 0.25) is 0 Å². The van der Waals surface area contributed by atoms with Crippen molar-refractivity contribution in [2.24, 2.45) is 5.73 Å². The Hall–Kier alpha value is -2.50. The second-order valence-electron chi connectivity index (χ2n) is 5.25. The number of benzene rings is 1. The van der Waals surface area contributed by atoms with Gasteiger partial charge in [0, 0.05) is 42.8 Å². The Labute approximate surface area is 134 Å². The first kappa shape index (κ1) is 15.4. The van der Waals surface area contributed by atoms with Gasteiger partial charge in [-0.05, 0) is 35.4 Å². The molecular weight excluding hydrogens is 293 g/mol. The molecule has 0 atom stereocenters. The number of hydrogen-bond acceptors (Lipinski definition) is 3. The quantitative estimate of drug-likeness (QED) is 0.761. The summed E-state index contributed by atoms with van der Waals surface area (Å²) in [6, 6.07) is 10.1. The molecule has 23 heavy (non-hydrogen) atoms. The number of pyridine rings is 1. The lowest BCUT2D eigenvalue weighted by atomic mass is 9.97. The maximum Gasteiger partial charge on any atom is 0.123 e. The maximum atomic E-state index is 13.3. The van der Waals surface area contributed by atoms with Gasteiger partial charge >= 0.3 is 0 Å². The minimum absolute atomic E-state index is 0.113. The maximum absolute atomic E-state index is 13.3. The van der Waals surface area contributed by atoms with Crippen LogP contribution in [0.15, 0.2) is 55.0 Å². The van der Waals surface area contributed by atoms with Gasteiger partial charge < -0.3 is 15.4 Å². The molecule has 2 heterocycles. The Kier molecular flexibility index (Phi) is 4.50. The molecule has 0 spiro atoms. The molecule has 0 aliphatic carbocycles. The Morgan fingerprint density at radius 1 is 1.04 bits per heavy atom. The molecule has 3 rings (SSSR count). The Bertz CT molecular complexity index is 782. The van der Waals surface area contributed by atoms with E-state index in [9.17, 15) is 9.50 Å². The van der Waals surface area contributed by atoms with Crippen molar-refractivity contribution in [3.05, 3.63) is 66.5 Å². The van der Waals surface area contributed by atoms with Crippen LogP contribution in [-0.2, 0) is 13.2 Å². The van der Waals surface area contributed by atoms with Crippen LogP contribution in [0.1, 0.15) is 5.69 Å². The van der Waals surface area contributed by atoms with E-state index in [2.05, 4.69) is 4.98 Å². The van der Waals surface area contributed by atoms with Crippen LogP contribution < -0.4 is 5.73 Å². The summed E-state index contributed by atoms with van der Waals surface area (Å²) in [6.45, 7) is 0.966. The first-order chi connectivity index (χ1) is 11.2. The summed E-state index contributed by atoms with van der Waals surface area (Å²) >= 11 is 0. The van der Waals surface area contributed by atoms with E-state index in [0.29, 0.717) is 13.1 Å². The van der Waals surface area contributed by atoms with Gasteiger partial charge in [-0.3, -0.25) is 4.98 Å². The molecule has 118 valence electrons. The van der Waals surface area contributed by atoms with Gasteiger partial charge in [0.05, 0.1) is 12.3 Å². The standard InChI is InChI=1S/C18H18FN3O/c19-15-3-1-14(2-4-15)18-16(13-5-8-21-9-6-13)11-22(10-7-20)17(18)12-23/h1-6,8-9,11,23H,7,10,12,20H2. The van der Waals surface area contributed by atoms with Crippen LogP contribution in [0.5, 0.6) is 0 Å². The SMILES string of the molecule is NCCn1cc(-c2ccncc2)c(-c2ccc(F)cc2)c1CO. The zero-order valence-corrected chi connectivity index (χ0v) is 12.6. The lowest BCUT2D eigenvalue weighted by molar-refractivity contribution is 0.271. The van der Waals surface area contributed by atoms with Crippen molar-refractivity contribution in [3.8, 4) is 22.3 Å². The van der Waals surface area contributed by atoms with Gasteiger partial charge in [-0.1, -0.05) is 12.1 Å². The summed E-state index contributed by atoms with van der Waals surface area (Å²) in [6.07, 6.45) is 5.43. The molecule has 0 amide bonds. The van der Waals surface area contributed by atoms with E-state index in [0.717, 1.165) is 27.9 Å². The molecule has 4 nitrogen and oxygen atoms in total. The molecular formula is C18H18FN3O. The van der Waals surface area contributed by atoms with Crippen molar-refractivity contribution in [2.45, 2.75) is 13.2 Å². The first-order valence-corrected chi connectivity index (χ1v) is 7.44. The second-order valence-corrected chi connectivity index (χ2v) is 5.25.